The summed E-state index contributed by atoms with van der Waals surface area (Å²) in [6, 6.07) is 4.93. The van der Waals surface area contributed by atoms with Crippen LogP contribution in [0.3, 0.4) is 0 Å². The normalized spacial score (nSPS) is 11.9. The molecular weight excluding hydrogens is 333 g/mol. The van der Waals surface area contributed by atoms with Crippen LogP contribution in [-0.4, -0.2) is 30.4 Å². The summed E-state index contributed by atoms with van der Waals surface area (Å²) in [5.74, 6) is -1.33. The zero-order chi connectivity index (χ0) is 19.5. The van der Waals surface area contributed by atoms with Crippen molar-refractivity contribution in [3.05, 3.63) is 35.1 Å². The lowest BCUT2D eigenvalue weighted by Gasteiger charge is -2.26. The Morgan fingerprint density at radius 1 is 1.19 bits per heavy atom. The number of unbranched alkanes of at least 4 members (excludes halogenated alkanes) is 4. The van der Waals surface area contributed by atoms with Crippen LogP contribution >= 0.6 is 0 Å². The van der Waals surface area contributed by atoms with Gasteiger partial charge in [0.25, 0.3) is 0 Å². The Bertz CT molecular complexity index is 589. The van der Waals surface area contributed by atoms with E-state index in [1.807, 2.05) is 6.92 Å². The third kappa shape index (κ3) is 7.54. The number of benzene rings is 1. The maximum absolute atomic E-state index is 14.1. The largest absolute Gasteiger partial charge is 0.469 e. The fourth-order valence-corrected chi connectivity index (χ4v) is 2.94. The SMILES string of the molecule is CCCCCCCN(Cc1cc(C)ccc1F)C(=O)[C@@H](C)CC(=O)OC. The number of aryl methyl sites for hydroxylation is 1. The summed E-state index contributed by atoms with van der Waals surface area (Å²) in [7, 11) is 1.31. The van der Waals surface area contributed by atoms with Gasteiger partial charge in [0.15, 0.2) is 0 Å². The third-order valence-electron chi connectivity index (χ3n) is 4.53. The molecule has 0 saturated carbocycles. The van der Waals surface area contributed by atoms with Crippen molar-refractivity contribution in [2.45, 2.75) is 65.8 Å². The number of esters is 1. The number of hydrogen-bond donors (Lipinski definition) is 0. The lowest BCUT2D eigenvalue weighted by molar-refractivity contribution is -0.146. The molecule has 0 aromatic heterocycles. The van der Waals surface area contributed by atoms with Crippen LogP contribution in [0, 0.1) is 18.7 Å². The molecule has 146 valence electrons. The molecule has 0 aliphatic carbocycles. The predicted molar refractivity (Wildman–Crippen MR) is 101 cm³/mol. The van der Waals surface area contributed by atoms with E-state index in [-0.39, 0.29) is 24.7 Å². The summed E-state index contributed by atoms with van der Waals surface area (Å²) < 4.78 is 18.8. The molecule has 0 bridgehead atoms. The molecule has 0 aliphatic heterocycles. The first kappa shape index (κ1) is 22.1. The summed E-state index contributed by atoms with van der Waals surface area (Å²) >= 11 is 0. The van der Waals surface area contributed by atoms with Crippen molar-refractivity contribution in [3.8, 4) is 0 Å². The number of nitrogens with zero attached hydrogens (tertiary/aromatic N) is 1. The number of carbonyl (C=O) groups excluding carboxylic acids is 2. The first-order valence-corrected chi connectivity index (χ1v) is 9.49. The summed E-state index contributed by atoms with van der Waals surface area (Å²) in [5, 5.41) is 0. The summed E-state index contributed by atoms with van der Waals surface area (Å²) in [6.07, 6.45) is 5.43. The summed E-state index contributed by atoms with van der Waals surface area (Å²) in [4.78, 5) is 26.0. The summed E-state index contributed by atoms with van der Waals surface area (Å²) in [6.45, 7) is 6.58. The van der Waals surface area contributed by atoms with E-state index in [4.69, 9.17) is 0 Å². The molecule has 0 radical (unpaired) electrons. The number of ether oxygens (including phenoxy) is 1. The van der Waals surface area contributed by atoms with E-state index >= 15 is 0 Å². The fraction of sp³-hybridized carbons (Fsp3) is 0.619. The molecule has 0 aliphatic rings. The van der Waals surface area contributed by atoms with Gasteiger partial charge in [0, 0.05) is 24.6 Å². The molecule has 0 saturated heterocycles. The first-order valence-electron chi connectivity index (χ1n) is 9.49. The van der Waals surface area contributed by atoms with Crippen molar-refractivity contribution in [1.82, 2.24) is 4.90 Å². The van der Waals surface area contributed by atoms with Gasteiger partial charge in [0.1, 0.15) is 5.82 Å². The second-order valence-corrected chi connectivity index (χ2v) is 6.95. The first-order chi connectivity index (χ1) is 12.4. The molecule has 1 aromatic carbocycles. The van der Waals surface area contributed by atoms with Crippen molar-refractivity contribution < 1.29 is 18.7 Å². The molecule has 0 N–H and O–H groups in total. The van der Waals surface area contributed by atoms with E-state index in [1.54, 1.807) is 24.0 Å². The van der Waals surface area contributed by atoms with Gasteiger partial charge in [-0.25, -0.2) is 4.39 Å². The zero-order valence-corrected chi connectivity index (χ0v) is 16.5. The Morgan fingerprint density at radius 3 is 2.54 bits per heavy atom. The van der Waals surface area contributed by atoms with Gasteiger partial charge < -0.3 is 9.64 Å². The van der Waals surface area contributed by atoms with Crippen LogP contribution < -0.4 is 0 Å². The van der Waals surface area contributed by atoms with Gasteiger partial charge in [-0.2, -0.15) is 0 Å². The Balaban J connectivity index is 2.81. The Labute approximate surface area is 156 Å². The number of hydrogen-bond acceptors (Lipinski definition) is 3. The minimum absolute atomic E-state index is 0.0397. The van der Waals surface area contributed by atoms with E-state index in [9.17, 15) is 14.0 Å². The number of carbonyl (C=O) groups is 2. The number of rotatable bonds is 11. The highest BCUT2D eigenvalue weighted by atomic mass is 19.1. The van der Waals surface area contributed by atoms with Gasteiger partial charge in [0.05, 0.1) is 13.5 Å². The minimum Gasteiger partial charge on any atom is -0.469 e. The molecule has 0 spiro atoms. The van der Waals surface area contributed by atoms with Gasteiger partial charge in [0.2, 0.25) is 5.91 Å². The molecule has 4 nitrogen and oxygen atoms in total. The van der Waals surface area contributed by atoms with Gasteiger partial charge in [-0.3, -0.25) is 9.59 Å². The topological polar surface area (TPSA) is 46.6 Å². The Hall–Kier alpha value is -1.91. The number of methoxy groups -OCH3 is 1. The lowest BCUT2D eigenvalue weighted by Crippen LogP contribution is -2.36. The molecule has 5 heteroatoms. The van der Waals surface area contributed by atoms with Crippen LogP contribution in [0.1, 0.15) is 63.5 Å². The predicted octanol–water partition coefficient (Wildman–Crippen LogP) is 4.63. The van der Waals surface area contributed by atoms with E-state index < -0.39 is 11.9 Å². The maximum atomic E-state index is 14.1. The van der Waals surface area contributed by atoms with Crippen molar-refractivity contribution >= 4 is 11.9 Å². The highest BCUT2D eigenvalue weighted by Gasteiger charge is 2.24. The molecule has 0 fully saturated rings. The quantitative estimate of drug-likeness (QED) is 0.424. The second kappa shape index (κ2) is 11.7. The van der Waals surface area contributed by atoms with Crippen LogP contribution in [0.4, 0.5) is 4.39 Å². The van der Waals surface area contributed by atoms with Crippen LogP contribution in [0.5, 0.6) is 0 Å². The number of amides is 1. The maximum Gasteiger partial charge on any atom is 0.306 e. The molecule has 26 heavy (non-hydrogen) atoms. The Kier molecular flexibility index (Phi) is 9.92. The summed E-state index contributed by atoms with van der Waals surface area (Å²) in [5.41, 5.74) is 1.47. The lowest BCUT2D eigenvalue weighted by atomic mass is 10.0. The van der Waals surface area contributed by atoms with Crippen molar-refractivity contribution in [2.24, 2.45) is 5.92 Å². The minimum atomic E-state index is -0.481. The van der Waals surface area contributed by atoms with Gasteiger partial charge in [-0.15, -0.1) is 0 Å². The molecule has 0 unspecified atom stereocenters. The molecule has 0 heterocycles. The molecule has 1 aromatic rings. The fourth-order valence-electron chi connectivity index (χ4n) is 2.94. The average molecular weight is 365 g/mol. The molecule has 1 amide bonds. The van der Waals surface area contributed by atoms with E-state index in [0.29, 0.717) is 12.1 Å². The number of halogens is 1. The molecular formula is C21H32FNO3. The van der Waals surface area contributed by atoms with Crippen LogP contribution in [-0.2, 0) is 20.9 Å². The van der Waals surface area contributed by atoms with Gasteiger partial charge in [-0.05, 0) is 19.4 Å². The van der Waals surface area contributed by atoms with E-state index in [0.717, 1.165) is 31.2 Å². The van der Waals surface area contributed by atoms with Crippen molar-refractivity contribution in [3.63, 3.8) is 0 Å². The molecule has 1 rings (SSSR count). The molecule has 1 atom stereocenters. The van der Waals surface area contributed by atoms with E-state index in [1.165, 1.54) is 19.6 Å². The van der Waals surface area contributed by atoms with Crippen molar-refractivity contribution in [1.29, 1.82) is 0 Å². The highest BCUT2D eigenvalue weighted by Crippen LogP contribution is 2.17. The monoisotopic (exact) mass is 365 g/mol. The zero-order valence-electron chi connectivity index (χ0n) is 16.5. The third-order valence-corrected chi connectivity index (χ3v) is 4.53. The van der Waals surface area contributed by atoms with Crippen LogP contribution in [0.2, 0.25) is 0 Å². The Morgan fingerprint density at radius 2 is 1.88 bits per heavy atom. The smallest absolute Gasteiger partial charge is 0.306 e. The standard InChI is InChI=1S/C21H32FNO3/c1-5-6-7-8-9-12-23(21(25)17(3)14-20(24)26-4)15-18-13-16(2)10-11-19(18)22/h10-11,13,17H,5-9,12,14-15H2,1-4H3/t17-/m0/s1. The van der Waals surface area contributed by atoms with Crippen LogP contribution in [0.15, 0.2) is 18.2 Å². The van der Waals surface area contributed by atoms with Gasteiger partial charge >= 0.3 is 5.97 Å². The average Bonchev–Trinajstić information content (AvgIpc) is 2.62. The highest BCUT2D eigenvalue weighted by molar-refractivity contribution is 5.83. The van der Waals surface area contributed by atoms with Gasteiger partial charge in [-0.1, -0.05) is 57.2 Å². The second-order valence-electron chi connectivity index (χ2n) is 6.95. The van der Waals surface area contributed by atoms with Crippen LogP contribution in [0.25, 0.3) is 0 Å². The van der Waals surface area contributed by atoms with Crippen molar-refractivity contribution in [2.75, 3.05) is 13.7 Å². The van der Waals surface area contributed by atoms with E-state index in [2.05, 4.69) is 11.7 Å².